The number of rotatable bonds is 6. The molecule has 1 spiro atoms. The Labute approximate surface area is 177 Å². The predicted molar refractivity (Wildman–Crippen MR) is 120 cm³/mol. The van der Waals surface area contributed by atoms with Crippen LogP contribution in [0.3, 0.4) is 0 Å². The van der Waals surface area contributed by atoms with E-state index in [0.717, 1.165) is 42.9 Å². The van der Waals surface area contributed by atoms with E-state index in [9.17, 15) is 4.79 Å². The molecule has 6 heteroatoms. The lowest BCUT2D eigenvalue weighted by atomic mass is 9.88. The smallest absolute Gasteiger partial charge is 0.253 e. The van der Waals surface area contributed by atoms with E-state index in [4.69, 9.17) is 10.1 Å². The van der Waals surface area contributed by atoms with Crippen LogP contribution in [0.4, 0.5) is 0 Å². The predicted octanol–water partition coefficient (Wildman–Crippen LogP) is 3.78. The van der Waals surface area contributed by atoms with Crippen LogP contribution in [0, 0.1) is 5.92 Å². The second-order valence-electron chi connectivity index (χ2n) is 8.37. The van der Waals surface area contributed by atoms with E-state index < -0.39 is 5.54 Å². The van der Waals surface area contributed by atoms with Gasteiger partial charge in [0.15, 0.2) is 0 Å². The van der Waals surface area contributed by atoms with Crippen molar-refractivity contribution < 1.29 is 9.90 Å². The Balaban J connectivity index is 1.28. The van der Waals surface area contributed by atoms with Crippen LogP contribution in [0.15, 0.2) is 34.7 Å². The number of benzene rings is 1. The molecule has 0 aromatic heterocycles. The van der Waals surface area contributed by atoms with Crippen LogP contribution in [-0.2, 0) is 11.2 Å². The van der Waals surface area contributed by atoms with Gasteiger partial charge in [-0.05, 0) is 54.7 Å². The molecule has 1 aromatic carbocycles. The Morgan fingerprint density at radius 2 is 1.90 bits per heavy atom. The molecule has 1 saturated heterocycles. The first-order chi connectivity index (χ1) is 14.2. The van der Waals surface area contributed by atoms with Crippen LogP contribution in [0.1, 0.15) is 56.1 Å². The van der Waals surface area contributed by atoms with E-state index in [-0.39, 0.29) is 12.5 Å². The molecule has 1 saturated carbocycles. The van der Waals surface area contributed by atoms with Crippen molar-refractivity contribution in [3.63, 3.8) is 0 Å². The number of aliphatic hydroxyl groups is 1. The number of piperidine rings is 1. The molecule has 3 aliphatic rings. The Morgan fingerprint density at radius 1 is 1.17 bits per heavy atom. The highest BCUT2D eigenvalue weighted by atomic mass is 32.2. The topological polar surface area (TPSA) is 64.9 Å². The molecule has 2 aliphatic heterocycles. The molecule has 2 fully saturated rings. The number of hydrogen-bond acceptors (Lipinski definition) is 5. The lowest BCUT2D eigenvalue weighted by Crippen LogP contribution is -2.47. The molecular weight excluding hydrogens is 382 g/mol. The summed E-state index contributed by atoms with van der Waals surface area (Å²) >= 11 is 1.71. The van der Waals surface area contributed by atoms with Gasteiger partial charge >= 0.3 is 0 Å². The van der Waals surface area contributed by atoms with E-state index in [2.05, 4.69) is 45.4 Å². The van der Waals surface area contributed by atoms with Gasteiger partial charge in [0.2, 0.25) is 0 Å². The van der Waals surface area contributed by atoms with Crippen LogP contribution in [0.5, 0.6) is 0 Å². The van der Waals surface area contributed by atoms with Gasteiger partial charge in [-0.25, -0.2) is 4.31 Å². The van der Waals surface area contributed by atoms with Gasteiger partial charge in [-0.1, -0.05) is 55.5 Å². The third-order valence-electron chi connectivity index (χ3n) is 6.39. The fourth-order valence-corrected chi connectivity index (χ4v) is 5.31. The molecule has 156 valence electrons. The van der Waals surface area contributed by atoms with Gasteiger partial charge < -0.3 is 10.4 Å². The molecule has 0 atom stereocenters. The molecule has 1 aliphatic carbocycles. The number of hydrogen-bond donors (Lipinski definition) is 2. The van der Waals surface area contributed by atoms with E-state index in [1.807, 2.05) is 0 Å². The Bertz CT molecular complexity index is 761. The lowest BCUT2D eigenvalue weighted by molar-refractivity contribution is -0.124. The first kappa shape index (κ1) is 20.6. The normalized spacial score (nSPS) is 22.9. The fourth-order valence-electron chi connectivity index (χ4n) is 4.53. The molecule has 0 bridgehead atoms. The number of aliphatic hydroxyl groups excluding tert-OH is 1. The second kappa shape index (κ2) is 9.45. The van der Waals surface area contributed by atoms with Crippen LogP contribution in [0.2, 0.25) is 0 Å². The summed E-state index contributed by atoms with van der Waals surface area (Å²) in [6.07, 6.45) is 10.6. The number of nitrogens with one attached hydrogen (secondary N) is 1. The highest BCUT2D eigenvalue weighted by Gasteiger charge is 2.46. The van der Waals surface area contributed by atoms with Crippen molar-refractivity contribution in [1.29, 1.82) is 0 Å². The Kier molecular flexibility index (Phi) is 6.73. The van der Waals surface area contributed by atoms with Gasteiger partial charge in [0.05, 0.1) is 0 Å². The van der Waals surface area contributed by atoms with Crippen molar-refractivity contribution in [2.24, 2.45) is 10.9 Å². The van der Waals surface area contributed by atoms with Gasteiger partial charge in [-0.2, -0.15) is 0 Å². The first-order valence-corrected chi connectivity index (χ1v) is 11.7. The van der Waals surface area contributed by atoms with E-state index in [1.54, 1.807) is 11.9 Å². The van der Waals surface area contributed by atoms with Crippen molar-refractivity contribution in [3.8, 4) is 0 Å². The first-order valence-electron chi connectivity index (χ1n) is 10.9. The maximum absolute atomic E-state index is 12.7. The van der Waals surface area contributed by atoms with Crippen LogP contribution < -0.4 is 5.32 Å². The number of amides is 1. The summed E-state index contributed by atoms with van der Waals surface area (Å²) in [5.41, 5.74) is 1.79. The minimum Gasteiger partial charge on any atom is -0.396 e. The summed E-state index contributed by atoms with van der Waals surface area (Å²) in [6.45, 7) is 1.93. The van der Waals surface area contributed by atoms with Crippen LogP contribution >= 0.6 is 11.9 Å². The monoisotopic (exact) mass is 413 g/mol. The number of amidine groups is 1. The molecule has 0 unspecified atom stereocenters. The van der Waals surface area contributed by atoms with Crippen molar-refractivity contribution >= 4 is 29.8 Å². The van der Waals surface area contributed by atoms with E-state index >= 15 is 0 Å². The zero-order chi connectivity index (χ0) is 20.1. The minimum atomic E-state index is -0.518. The van der Waals surface area contributed by atoms with E-state index in [0.29, 0.717) is 12.3 Å². The Morgan fingerprint density at radius 3 is 2.59 bits per heavy atom. The highest BCUT2D eigenvalue weighted by Crippen LogP contribution is 2.35. The fraction of sp³-hybridized carbons (Fsp3) is 0.565. The largest absolute Gasteiger partial charge is 0.396 e. The number of carbonyl (C=O) groups is 1. The van der Waals surface area contributed by atoms with Gasteiger partial charge in [0, 0.05) is 25.6 Å². The van der Waals surface area contributed by atoms with Crippen LogP contribution in [0.25, 0.3) is 6.08 Å². The molecular formula is C23H31N3O2S. The molecule has 2 heterocycles. The second-order valence-corrected chi connectivity index (χ2v) is 9.37. The molecule has 29 heavy (non-hydrogen) atoms. The molecule has 1 aromatic rings. The summed E-state index contributed by atoms with van der Waals surface area (Å²) in [7, 11) is 0. The summed E-state index contributed by atoms with van der Waals surface area (Å²) in [5, 5.41) is 14.2. The van der Waals surface area contributed by atoms with Crippen LogP contribution in [-0.4, -0.2) is 46.4 Å². The molecule has 4 rings (SSSR count). The summed E-state index contributed by atoms with van der Waals surface area (Å²) in [4.78, 5) is 17.7. The maximum atomic E-state index is 12.7. The maximum Gasteiger partial charge on any atom is 0.253 e. The Hall–Kier alpha value is -1.63. The van der Waals surface area contributed by atoms with Crippen molar-refractivity contribution in [2.75, 3.05) is 19.7 Å². The SMILES string of the molecule is O=C1NC(C2CCCCC2)=NC12CCN(S/C=C/c1ccc(CCO)cc1)CC2. The van der Waals surface area contributed by atoms with Crippen molar-refractivity contribution in [3.05, 3.63) is 40.8 Å². The zero-order valence-electron chi connectivity index (χ0n) is 17.0. The standard InChI is InChI=1S/C23H31N3O2S/c27-16-10-18-6-8-19(9-7-18)11-17-29-26-14-12-23(13-15-26)22(28)24-21(25-23)20-4-2-1-3-5-20/h6-9,11,17,20,27H,1-5,10,12-16H2,(H,24,25,28)/b17-11+. The summed E-state index contributed by atoms with van der Waals surface area (Å²) < 4.78 is 2.32. The molecule has 1 amide bonds. The van der Waals surface area contributed by atoms with Gasteiger partial charge in [0.1, 0.15) is 11.4 Å². The average molecular weight is 414 g/mol. The van der Waals surface area contributed by atoms with Gasteiger partial charge in [0.25, 0.3) is 5.91 Å². The number of nitrogens with zero attached hydrogens (tertiary/aromatic N) is 2. The molecule has 0 radical (unpaired) electrons. The minimum absolute atomic E-state index is 0.126. The van der Waals surface area contributed by atoms with Crippen molar-refractivity contribution in [2.45, 2.75) is 56.9 Å². The van der Waals surface area contributed by atoms with Gasteiger partial charge in [-0.15, -0.1) is 0 Å². The number of aliphatic imine (C=N–C) groups is 1. The quantitative estimate of drug-likeness (QED) is 0.697. The highest BCUT2D eigenvalue weighted by molar-refractivity contribution is 8.00. The number of carbonyl (C=O) groups excluding carboxylic acids is 1. The van der Waals surface area contributed by atoms with Gasteiger partial charge in [-0.3, -0.25) is 9.79 Å². The summed E-state index contributed by atoms with van der Waals surface area (Å²) in [5.74, 6) is 1.56. The third kappa shape index (κ3) is 4.93. The average Bonchev–Trinajstić information content (AvgIpc) is 3.08. The van der Waals surface area contributed by atoms with E-state index in [1.165, 1.54) is 32.1 Å². The zero-order valence-corrected chi connectivity index (χ0v) is 17.8. The molecule has 5 nitrogen and oxygen atoms in total. The molecule has 2 N–H and O–H groups in total. The van der Waals surface area contributed by atoms with Crippen molar-refractivity contribution in [1.82, 2.24) is 9.62 Å². The third-order valence-corrected chi connectivity index (χ3v) is 7.31. The lowest BCUT2D eigenvalue weighted by Gasteiger charge is -2.34. The summed E-state index contributed by atoms with van der Waals surface area (Å²) in [6, 6.07) is 8.28.